The first kappa shape index (κ1) is 14.6. The monoisotopic (exact) mass is 349 g/mol. The van der Waals surface area contributed by atoms with E-state index in [1.54, 1.807) is 24.3 Å². The lowest BCUT2D eigenvalue weighted by Gasteiger charge is -2.21. The molecule has 19 heavy (non-hydrogen) atoms. The highest BCUT2D eigenvalue weighted by Crippen LogP contribution is 2.33. The van der Waals surface area contributed by atoms with Crippen LogP contribution in [0.4, 0.5) is 13.2 Å². The SMILES string of the molecule is FC(F)(F)C(NCc1ccc(Br)s1)c1ccccc1. The number of benzene rings is 1. The summed E-state index contributed by atoms with van der Waals surface area (Å²) in [4.78, 5) is 0.858. The highest BCUT2D eigenvalue weighted by molar-refractivity contribution is 9.11. The van der Waals surface area contributed by atoms with E-state index in [1.165, 1.54) is 23.5 Å². The first-order valence-electron chi connectivity index (χ1n) is 5.56. The van der Waals surface area contributed by atoms with Crippen molar-refractivity contribution in [3.63, 3.8) is 0 Å². The fraction of sp³-hybridized carbons (Fsp3) is 0.231. The molecule has 0 aliphatic heterocycles. The zero-order chi connectivity index (χ0) is 13.9. The Morgan fingerprint density at radius 2 is 1.79 bits per heavy atom. The molecule has 2 rings (SSSR count). The van der Waals surface area contributed by atoms with Gasteiger partial charge in [-0.1, -0.05) is 30.3 Å². The van der Waals surface area contributed by atoms with Crippen LogP contribution in [-0.4, -0.2) is 6.18 Å². The van der Waals surface area contributed by atoms with Crippen LogP contribution in [0, 0.1) is 0 Å². The van der Waals surface area contributed by atoms with E-state index in [0.717, 1.165) is 8.66 Å². The smallest absolute Gasteiger partial charge is 0.298 e. The third kappa shape index (κ3) is 4.06. The van der Waals surface area contributed by atoms with E-state index in [0.29, 0.717) is 0 Å². The molecular weight excluding hydrogens is 339 g/mol. The van der Waals surface area contributed by atoms with Gasteiger partial charge < -0.3 is 0 Å². The highest BCUT2D eigenvalue weighted by atomic mass is 79.9. The molecule has 6 heteroatoms. The fourth-order valence-electron chi connectivity index (χ4n) is 1.72. The Bertz CT molecular complexity index is 524. The zero-order valence-electron chi connectivity index (χ0n) is 9.75. The van der Waals surface area contributed by atoms with Crippen molar-refractivity contribution in [3.05, 3.63) is 56.7 Å². The van der Waals surface area contributed by atoms with Gasteiger partial charge >= 0.3 is 6.18 Å². The van der Waals surface area contributed by atoms with Crippen molar-refractivity contribution in [1.29, 1.82) is 0 Å². The van der Waals surface area contributed by atoms with E-state index >= 15 is 0 Å². The Labute approximate surface area is 121 Å². The van der Waals surface area contributed by atoms with Gasteiger partial charge in [0, 0.05) is 11.4 Å². The largest absolute Gasteiger partial charge is 0.407 e. The average molecular weight is 350 g/mol. The highest BCUT2D eigenvalue weighted by Gasteiger charge is 2.40. The summed E-state index contributed by atoms with van der Waals surface area (Å²) >= 11 is 4.71. The molecule has 0 aliphatic rings. The van der Waals surface area contributed by atoms with E-state index < -0.39 is 12.2 Å². The van der Waals surface area contributed by atoms with Crippen LogP contribution >= 0.6 is 27.3 Å². The number of alkyl halides is 3. The standard InChI is InChI=1S/C13H11BrF3NS/c14-11-7-6-10(19-11)8-18-12(13(15,16)17)9-4-2-1-3-5-9/h1-7,12,18H,8H2. The molecule has 1 unspecified atom stereocenters. The predicted molar refractivity (Wildman–Crippen MR) is 74.1 cm³/mol. The molecule has 0 spiro atoms. The molecule has 1 heterocycles. The van der Waals surface area contributed by atoms with Crippen molar-refractivity contribution in [2.45, 2.75) is 18.8 Å². The minimum Gasteiger partial charge on any atom is -0.298 e. The molecule has 0 aliphatic carbocycles. The topological polar surface area (TPSA) is 12.0 Å². The summed E-state index contributed by atoms with van der Waals surface area (Å²) in [6, 6.07) is 9.87. The van der Waals surface area contributed by atoms with Crippen molar-refractivity contribution in [2.24, 2.45) is 0 Å². The summed E-state index contributed by atoms with van der Waals surface area (Å²) in [6.07, 6.45) is -4.31. The van der Waals surface area contributed by atoms with E-state index in [2.05, 4.69) is 21.2 Å². The van der Waals surface area contributed by atoms with Gasteiger partial charge in [-0.2, -0.15) is 13.2 Å². The van der Waals surface area contributed by atoms with E-state index in [1.807, 2.05) is 6.07 Å². The zero-order valence-corrected chi connectivity index (χ0v) is 12.1. The molecule has 0 saturated carbocycles. The van der Waals surface area contributed by atoms with Gasteiger partial charge in [0.15, 0.2) is 0 Å². The predicted octanol–water partition coefficient (Wildman–Crippen LogP) is 4.90. The Hall–Kier alpha value is -0.850. The van der Waals surface area contributed by atoms with Gasteiger partial charge in [0.05, 0.1) is 3.79 Å². The van der Waals surface area contributed by atoms with E-state index in [9.17, 15) is 13.2 Å². The van der Waals surface area contributed by atoms with Crippen LogP contribution in [0.2, 0.25) is 0 Å². The van der Waals surface area contributed by atoms with Crippen LogP contribution in [0.5, 0.6) is 0 Å². The van der Waals surface area contributed by atoms with Crippen LogP contribution in [0.1, 0.15) is 16.5 Å². The molecule has 1 atom stereocenters. The second-order valence-corrected chi connectivity index (χ2v) is 6.52. The molecule has 0 fully saturated rings. The molecule has 1 N–H and O–H groups in total. The summed E-state index contributed by atoms with van der Waals surface area (Å²) in [5, 5.41) is 2.57. The van der Waals surface area contributed by atoms with Crippen LogP contribution in [-0.2, 0) is 6.54 Å². The first-order chi connectivity index (χ1) is 8.97. The number of hydrogen-bond acceptors (Lipinski definition) is 2. The Kier molecular flexibility index (Phi) is 4.65. The Morgan fingerprint density at radius 3 is 2.32 bits per heavy atom. The van der Waals surface area contributed by atoms with Crippen LogP contribution in [0.25, 0.3) is 0 Å². The third-order valence-electron chi connectivity index (χ3n) is 2.57. The summed E-state index contributed by atoms with van der Waals surface area (Å²) in [5.74, 6) is 0. The van der Waals surface area contributed by atoms with Gasteiger partial charge in [0.25, 0.3) is 0 Å². The van der Waals surface area contributed by atoms with Crippen LogP contribution < -0.4 is 5.32 Å². The fourth-order valence-corrected chi connectivity index (χ4v) is 3.15. The van der Waals surface area contributed by atoms with Crippen molar-refractivity contribution in [2.75, 3.05) is 0 Å². The lowest BCUT2D eigenvalue weighted by Crippen LogP contribution is -2.33. The minimum atomic E-state index is -4.31. The third-order valence-corrected chi connectivity index (χ3v) is 4.19. The lowest BCUT2D eigenvalue weighted by atomic mass is 10.1. The molecule has 1 aromatic carbocycles. The normalized spacial score (nSPS) is 13.5. The molecule has 0 saturated heterocycles. The molecule has 0 radical (unpaired) electrons. The van der Waals surface area contributed by atoms with Gasteiger partial charge in [-0.05, 0) is 33.6 Å². The number of nitrogens with one attached hydrogen (secondary N) is 1. The van der Waals surface area contributed by atoms with Gasteiger partial charge in [0.1, 0.15) is 6.04 Å². The van der Waals surface area contributed by atoms with E-state index in [4.69, 9.17) is 0 Å². The maximum Gasteiger partial charge on any atom is 0.407 e. The number of halogens is 4. The van der Waals surface area contributed by atoms with Crippen LogP contribution in [0.3, 0.4) is 0 Å². The molecule has 0 amide bonds. The Balaban J connectivity index is 2.11. The second-order valence-electron chi connectivity index (χ2n) is 3.97. The average Bonchev–Trinajstić information content (AvgIpc) is 2.75. The van der Waals surface area contributed by atoms with Crippen molar-refractivity contribution < 1.29 is 13.2 Å². The quantitative estimate of drug-likeness (QED) is 0.827. The first-order valence-corrected chi connectivity index (χ1v) is 7.17. The van der Waals surface area contributed by atoms with Crippen molar-refractivity contribution >= 4 is 27.3 Å². The van der Waals surface area contributed by atoms with Gasteiger partial charge in [0.2, 0.25) is 0 Å². The second kappa shape index (κ2) is 6.07. The maximum atomic E-state index is 13.0. The summed E-state index contributed by atoms with van der Waals surface area (Å²) in [6.45, 7) is 0.190. The van der Waals surface area contributed by atoms with Crippen molar-refractivity contribution in [3.8, 4) is 0 Å². The van der Waals surface area contributed by atoms with Gasteiger partial charge in [-0.15, -0.1) is 11.3 Å². The summed E-state index contributed by atoms with van der Waals surface area (Å²) in [7, 11) is 0. The molecule has 1 aromatic heterocycles. The van der Waals surface area contributed by atoms with Crippen LogP contribution in [0.15, 0.2) is 46.3 Å². The summed E-state index contributed by atoms with van der Waals surface area (Å²) in [5.41, 5.74) is 0.227. The summed E-state index contributed by atoms with van der Waals surface area (Å²) < 4.78 is 40.0. The molecule has 1 nitrogen and oxygen atoms in total. The van der Waals surface area contributed by atoms with Gasteiger partial charge in [-0.25, -0.2) is 0 Å². The molecule has 102 valence electrons. The molecule has 2 aromatic rings. The minimum absolute atomic E-state index is 0.190. The van der Waals surface area contributed by atoms with Gasteiger partial charge in [-0.3, -0.25) is 5.32 Å². The van der Waals surface area contributed by atoms with E-state index in [-0.39, 0.29) is 12.1 Å². The maximum absolute atomic E-state index is 13.0. The molecular formula is C13H11BrF3NS. The number of rotatable bonds is 4. The lowest BCUT2D eigenvalue weighted by molar-refractivity contribution is -0.158. The van der Waals surface area contributed by atoms with Crippen molar-refractivity contribution in [1.82, 2.24) is 5.32 Å². The number of hydrogen-bond donors (Lipinski definition) is 1. The molecule has 0 bridgehead atoms. The Morgan fingerprint density at radius 1 is 1.11 bits per heavy atom. The number of thiophene rings is 1.